The van der Waals surface area contributed by atoms with Crippen molar-refractivity contribution in [3.05, 3.63) is 0 Å². The molecule has 0 aromatic heterocycles. The minimum atomic E-state index is -1.21. The van der Waals surface area contributed by atoms with Gasteiger partial charge in [-0.2, -0.15) is 0 Å². The lowest BCUT2D eigenvalue weighted by Crippen LogP contribution is -2.45. The first-order chi connectivity index (χ1) is 11.2. The molecule has 0 atom stereocenters. The van der Waals surface area contributed by atoms with Gasteiger partial charge < -0.3 is 25.7 Å². The molecule has 0 heterocycles. The summed E-state index contributed by atoms with van der Waals surface area (Å²) in [7, 11) is 0. The van der Waals surface area contributed by atoms with Crippen LogP contribution >= 0.6 is 0 Å². The Kier molecular flexibility index (Phi) is 11.1. The Labute approximate surface area is 138 Å². The van der Waals surface area contributed by atoms with Crippen LogP contribution in [0.25, 0.3) is 0 Å². The van der Waals surface area contributed by atoms with E-state index >= 15 is 0 Å². The number of amides is 1. The Hall–Kier alpha value is -2.24. The molecule has 0 spiro atoms. The molecule has 11 nitrogen and oxygen atoms in total. The second-order valence-corrected chi connectivity index (χ2v) is 5.03. The Balaban J connectivity index is 4.56. The number of aliphatic carboxylic acids is 3. The van der Waals surface area contributed by atoms with E-state index < -0.39 is 43.4 Å². The van der Waals surface area contributed by atoms with Gasteiger partial charge in [-0.25, -0.2) is 0 Å². The molecule has 138 valence electrons. The Morgan fingerprint density at radius 2 is 1.17 bits per heavy atom. The summed E-state index contributed by atoms with van der Waals surface area (Å²) >= 11 is 0. The number of nitrogens with zero attached hydrogens (tertiary/aromatic N) is 2. The first kappa shape index (κ1) is 21.8. The summed E-state index contributed by atoms with van der Waals surface area (Å²) in [4.78, 5) is 46.3. The molecule has 0 unspecified atom stereocenters. The molecular weight excluding hydrogens is 326 g/mol. The number of aliphatic hydroxyl groups excluding tert-OH is 1. The number of carbonyl (C=O) groups excluding carboxylic acids is 1. The quantitative estimate of drug-likeness (QED) is 0.209. The Morgan fingerprint density at radius 1 is 0.750 bits per heavy atom. The minimum absolute atomic E-state index is 0.0142. The van der Waals surface area contributed by atoms with Crippen molar-refractivity contribution < 1.29 is 39.6 Å². The fourth-order valence-electron chi connectivity index (χ4n) is 1.85. The van der Waals surface area contributed by atoms with Crippen molar-refractivity contribution >= 4 is 23.8 Å². The summed E-state index contributed by atoms with van der Waals surface area (Å²) in [5.74, 6) is -4.01. The molecule has 0 rings (SSSR count). The van der Waals surface area contributed by atoms with Gasteiger partial charge in [0, 0.05) is 26.2 Å². The Morgan fingerprint density at radius 3 is 1.54 bits per heavy atom. The first-order valence-electron chi connectivity index (χ1n) is 7.22. The molecule has 0 aliphatic rings. The third-order valence-corrected chi connectivity index (χ3v) is 2.83. The molecule has 5 N–H and O–H groups in total. The molecule has 0 aromatic rings. The van der Waals surface area contributed by atoms with Gasteiger partial charge in [-0.15, -0.1) is 0 Å². The normalized spacial score (nSPS) is 10.8. The monoisotopic (exact) mass is 349 g/mol. The van der Waals surface area contributed by atoms with Gasteiger partial charge in [0.15, 0.2) is 0 Å². The van der Waals surface area contributed by atoms with Crippen LogP contribution in [0.5, 0.6) is 0 Å². The number of nitrogens with one attached hydrogen (secondary N) is 1. The van der Waals surface area contributed by atoms with Crippen LogP contribution in [0, 0.1) is 0 Å². The first-order valence-corrected chi connectivity index (χ1v) is 7.22. The van der Waals surface area contributed by atoms with Crippen LogP contribution < -0.4 is 5.32 Å². The van der Waals surface area contributed by atoms with Crippen LogP contribution in [0.3, 0.4) is 0 Å². The second-order valence-electron chi connectivity index (χ2n) is 5.03. The van der Waals surface area contributed by atoms with Gasteiger partial charge in [0.2, 0.25) is 5.91 Å². The van der Waals surface area contributed by atoms with Crippen molar-refractivity contribution in [3.63, 3.8) is 0 Å². The third-order valence-electron chi connectivity index (χ3n) is 2.83. The highest BCUT2D eigenvalue weighted by Gasteiger charge is 2.18. The van der Waals surface area contributed by atoms with Gasteiger partial charge in [-0.1, -0.05) is 0 Å². The molecular formula is C13H23N3O8. The highest BCUT2D eigenvalue weighted by molar-refractivity contribution is 5.79. The van der Waals surface area contributed by atoms with Crippen LogP contribution in [0.15, 0.2) is 0 Å². The minimum Gasteiger partial charge on any atom is -0.480 e. The summed E-state index contributed by atoms with van der Waals surface area (Å²) < 4.78 is 0. The standard InChI is InChI=1S/C13H23N3O8/c17-5-1-2-14-10(18)6-15(7-11(19)20)3-4-16(8-12(21)22)9-13(23)24/h17H,1-9H2,(H,14,18)(H,19,20)(H,21,22)(H,23,24). The van der Waals surface area contributed by atoms with Gasteiger partial charge in [-0.05, 0) is 6.42 Å². The number of rotatable bonds is 14. The average Bonchev–Trinajstić information content (AvgIpc) is 2.43. The van der Waals surface area contributed by atoms with E-state index in [4.69, 9.17) is 20.4 Å². The lowest BCUT2D eigenvalue weighted by molar-refractivity contribution is -0.143. The molecule has 0 aliphatic heterocycles. The maximum atomic E-state index is 11.7. The van der Waals surface area contributed by atoms with E-state index in [-0.39, 0.29) is 32.8 Å². The Bertz CT molecular complexity index is 427. The predicted octanol–water partition coefficient (Wildman–Crippen LogP) is -2.66. The number of carbonyl (C=O) groups is 4. The van der Waals surface area contributed by atoms with E-state index in [1.807, 2.05) is 0 Å². The lowest BCUT2D eigenvalue weighted by atomic mass is 10.3. The van der Waals surface area contributed by atoms with Crippen molar-refractivity contribution in [1.82, 2.24) is 15.1 Å². The van der Waals surface area contributed by atoms with Crippen molar-refractivity contribution in [3.8, 4) is 0 Å². The molecule has 0 saturated carbocycles. The van der Waals surface area contributed by atoms with Crippen LogP contribution in [0.2, 0.25) is 0 Å². The summed E-state index contributed by atoms with van der Waals surface area (Å²) in [5, 5.41) is 37.5. The van der Waals surface area contributed by atoms with Gasteiger partial charge >= 0.3 is 17.9 Å². The average molecular weight is 349 g/mol. The molecule has 0 aromatic carbocycles. The molecule has 0 saturated heterocycles. The zero-order chi connectivity index (χ0) is 18.5. The van der Waals surface area contributed by atoms with Gasteiger partial charge in [-0.3, -0.25) is 29.0 Å². The van der Waals surface area contributed by atoms with E-state index in [0.717, 1.165) is 4.90 Å². The van der Waals surface area contributed by atoms with E-state index in [1.165, 1.54) is 4.90 Å². The van der Waals surface area contributed by atoms with Crippen molar-refractivity contribution in [2.75, 3.05) is 52.4 Å². The van der Waals surface area contributed by atoms with Gasteiger partial charge in [0.05, 0.1) is 26.2 Å². The predicted molar refractivity (Wildman–Crippen MR) is 80.5 cm³/mol. The van der Waals surface area contributed by atoms with Crippen LogP contribution in [-0.4, -0.2) is 106 Å². The third kappa shape index (κ3) is 12.3. The van der Waals surface area contributed by atoms with Crippen LogP contribution in [0.4, 0.5) is 0 Å². The summed E-state index contributed by atoms with van der Waals surface area (Å²) in [5.41, 5.74) is 0. The van der Waals surface area contributed by atoms with Crippen molar-refractivity contribution in [1.29, 1.82) is 0 Å². The van der Waals surface area contributed by atoms with E-state index in [0.29, 0.717) is 6.42 Å². The molecule has 1 amide bonds. The molecule has 0 fully saturated rings. The summed E-state index contributed by atoms with van der Waals surface area (Å²) in [6.07, 6.45) is 0.371. The van der Waals surface area contributed by atoms with Crippen LogP contribution in [-0.2, 0) is 19.2 Å². The fraction of sp³-hybridized carbons (Fsp3) is 0.692. The fourth-order valence-corrected chi connectivity index (χ4v) is 1.85. The number of carboxylic acid groups (broad SMARTS) is 3. The zero-order valence-electron chi connectivity index (χ0n) is 13.2. The molecule has 0 radical (unpaired) electrons. The number of aliphatic hydroxyl groups is 1. The smallest absolute Gasteiger partial charge is 0.317 e. The highest BCUT2D eigenvalue weighted by Crippen LogP contribution is 1.94. The topological polar surface area (TPSA) is 168 Å². The van der Waals surface area contributed by atoms with E-state index in [1.54, 1.807) is 0 Å². The SMILES string of the molecule is O=C(O)CN(CCN(CC(=O)O)CC(=O)NCCCO)CC(=O)O. The maximum absolute atomic E-state index is 11.7. The lowest BCUT2D eigenvalue weighted by Gasteiger charge is -2.24. The van der Waals surface area contributed by atoms with Gasteiger partial charge in [0.25, 0.3) is 0 Å². The molecule has 0 aliphatic carbocycles. The molecule has 0 bridgehead atoms. The second kappa shape index (κ2) is 12.2. The van der Waals surface area contributed by atoms with E-state index in [2.05, 4.69) is 5.32 Å². The molecule has 11 heteroatoms. The number of carboxylic acids is 3. The van der Waals surface area contributed by atoms with Crippen LogP contribution in [0.1, 0.15) is 6.42 Å². The molecule has 24 heavy (non-hydrogen) atoms. The number of hydrogen-bond donors (Lipinski definition) is 5. The number of hydrogen-bond acceptors (Lipinski definition) is 7. The van der Waals surface area contributed by atoms with Crippen molar-refractivity contribution in [2.45, 2.75) is 6.42 Å². The maximum Gasteiger partial charge on any atom is 0.317 e. The summed E-state index contributed by atoms with van der Waals surface area (Å²) in [6, 6.07) is 0. The van der Waals surface area contributed by atoms with Gasteiger partial charge in [0.1, 0.15) is 0 Å². The summed E-state index contributed by atoms with van der Waals surface area (Å²) in [6.45, 7) is -1.52. The largest absolute Gasteiger partial charge is 0.480 e. The highest BCUT2D eigenvalue weighted by atomic mass is 16.4. The van der Waals surface area contributed by atoms with E-state index in [9.17, 15) is 19.2 Å². The van der Waals surface area contributed by atoms with Crippen molar-refractivity contribution in [2.24, 2.45) is 0 Å². The zero-order valence-corrected chi connectivity index (χ0v) is 13.2.